The van der Waals surface area contributed by atoms with Crippen molar-refractivity contribution in [1.29, 1.82) is 0 Å². The minimum atomic E-state index is -0.635. The maximum atomic E-state index is 12.3. The van der Waals surface area contributed by atoms with Gasteiger partial charge in [0.05, 0.1) is 4.88 Å². The van der Waals surface area contributed by atoms with E-state index in [0.29, 0.717) is 10.6 Å². The predicted octanol–water partition coefficient (Wildman–Crippen LogP) is 2.48. The van der Waals surface area contributed by atoms with Gasteiger partial charge in [0, 0.05) is 10.6 Å². The average Bonchev–Trinajstić information content (AvgIpc) is 2.94. The van der Waals surface area contributed by atoms with Crippen LogP contribution in [0.2, 0.25) is 0 Å². The van der Waals surface area contributed by atoms with Crippen LogP contribution in [-0.4, -0.2) is 16.8 Å². The van der Waals surface area contributed by atoms with Gasteiger partial charge in [0.1, 0.15) is 5.56 Å². The van der Waals surface area contributed by atoms with Crippen LogP contribution in [0.15, 0.2) is 23.0 Å². The fourth-order valence-corrected chi connectivity index (χ4v) is 4.10. The Labute approximate surface area is 149 Å². The molecule has 0 fully saturated rings. The molecule has 0 saturated heterocycles. The van der Waals surface area contributed by atoms with E-state index in [1.807, 2.05) is 6.07 Å². The number of aromatic amines is 1. The maximum Gasteiger partial charge on any atom is 0.279 e. The number of pyridine rings is 1. The van der Waals surface area contributed by atoms with Gasteiger partial charge >= 0.3 is 0 Å². The molecule has 3 rings (SSSR count). The van der Waals surface area contributed by atoms with Gasteiger partial charge in [0.25, 0.3) is 17.4 Å². The van der Waals surface area contributed by atoms with E-state index in [0.717, 1.165) is 25.7 Å². The lowest BCUT2D eigenvalue weighted by atomic mass is 10.00. The Morgan fingerprint density at radius 3 is 2.52 bits per heavy atom. The lowest BCUT2D eigenvalue weighted by Crippen LogP contribution is -2.43. The molecule has 2 aromatic rings. The first-order valence-electron chi connectivity index (χ1n) is 8.47. The van der Waals surface area contributed by atoms with Gasteiger partial charge in [0.15, 0.2) is 0 Å². The van der Waals surface area contributed by atoms with Crippen LogP contribution in [0, 0.1) is 6.92 Å². The molecule has 0 unspecified atom stereocenters. The Balaban J connectivity index is 1.65. The summed E-state index contributed by atoms with van der Waals surface area (Å²) in [5.74, 6) is -0.988. The van der Waals surface area contributed by atoms with Gasteiger partial charge in [-0.1, -0.05) is 12.8 Å². The van der Waals surface area contributed by atoms with Crippen molar-refractivity contribution in [2.75, 3.05) is 0 Å². The smallest absolute Gasteiger partial charge is 0.279 e. The number of amides is 2. The first kappa shape index (κ1) is 17.4. The van der Waals surface area contributed by atoms with Gasteiger partial charge in [-0.15, -0.1) is 11.3 Å². The monoisotopic (exact) mass is 359 g/mol. The molecule has 7 heteroatoms. The Hall–Kier alpha value is -2.41. The van der Waals surface area contributed by atoms with Crippen molar-refractivity contribution in [2.24, 2.45) is 0 Å². The SMILES string of the molecule is Cc1ccc(C(=O)NNC(=O)c2cc3c(s2)CCCCCC3)c(=O)[nH]1. The third kappa shape index (κ3) is 4.17. The van der Waals surface area contributed by atoms with Gasteiger partial charge < -0.3 is 4.98 Å². The summed E-state index contributed by atoms with van der Waals surface area (Å²) in [6.07, 6.45) is 6.79. The second-order valence-corrected chi connectivity index (χ2v) is 7.40. The standard InChI is InChI=1S/C18H21N3O3S/c1-11-8-9-13(16(22)19-11)17(23)20-21-18(24)15-10-12-6-4-2-3-5-7-14(12)25-15/h8-10H,2-7H2,1H3,(H,19,22)(H,20,23)(H,21,24). The van der Waals surface area contributed by atoms with Gasteiger partial charge in [-0.05, 0) is 56.4 Å². The average molecular weight is 359 g/mol. The van der Waals surface area contributed by atoms with Crippen LogP contribution in [0.3, 0.4) is 0 Å². The molecule has 0 atom stereocenters. The zero-order valence-corrected chi connectivity index (χ0v) is 14.9. The Morgan fingerprint density at radius 2 is 1.76 bits per heavy atom. The number of hydrogen-bond donors (Lipinski definition) is 3. The third-order valence-corrected chi connectivity index (χ3v) is 5.55. The summed E-state index contributed by atoms with van der Waals surface area (Å²) < 4.78 is 0. The van der Waals surface area contributed by atoms with Crippen LogP contribution in [0.1, 0.15) is 61.8 Å². The molecule has 0 bridgehead atoms. The third-order valence-electron chi connectivity index (χ3n) is 4.31. The van der Waals surface area contributed by atoms with Crippen molar-refractivity contribution in [3.05, 3.63) is 55.1 Å². The number of hydrazine groups is 1. The van der Waals surface area contributed by atoms with E-state index < -0.39 is 11.5 Å². The van der Waals surface area contributed by atoms with Crippen molar-refractivity contribution in [2.45, 2.75) is 45.4 Å². The van der Waals surface area contributed by atoms with Crippen LogP contribution >= 0.6 is 11.3 Å². The minimum absolute atomic E-state index is 0.0376. The van der Waals surface area contributed by atoms with Crippen LogP contribution in [0.25, 0.3) is 0 Å². The van der Waals surface area contributed by atoms with Crippen molar-refractivity contribution in [1.82, 2.24) is 15.8 Å². The topological polar surface area (TPSA) is 91.1 Å². The number of carbonyl (C=O) groups excluding carboxylic acids is 2. The number of rotatable bonds is 2. The number of aromatic nitrogens is 1. The van der Waals surface area contributed by atoms with E-state index in [1.165, 1.54) is 40.7 Å². The molecule has 1 aliphatic carbocycles. The summed E-state index contributed by atoms with van der Waals surface area (Å²) in [6, 6.07) is 5.00. The van der Waals surface area contributed by atoms with E-state index in [-0.39, 0.29) is 11.5 Å². The van der Waals surface area contributed by atoms with Crippen molar-refractivity contribution in [3.8, 4) is 0 Å². The molecule has 2 amide bonds. The number of H-pyrrole nitrogens is 1. The molecule has 0 radical (unpaired) electrons. The fraction of sp³-hybridized carbons (Fsp3) is 0.389. The summed E-state index contributed by atoms with van der Waals surface area (Å²) in [7, 11) is 0. The van der Waals surface area contributed by atoms with Crippen LogP contribution in [0.5, 0.6) is 0 Å². The molecular formula is C18H21N3O3S. The van der Waals surface area contributed by atoms with Crippen LogP contribution in [-0.2, 0) is 12.8 Å². The molecule has 0 spiro atoms. The summed E-state index contributed by atoms with van der Waals surface area (Å²) in [4.78, 5) is 40.5. The summed E-state index contributed by atoms with van der Waals surface area (Å²) in [6.45, 7) is 1.73. The molecule has 2 heterocycles. The number of carbonyl (C=O) groups is 2. The number of fused-ring (bicyclic) bond motifs is 1. The molecule has 1 aliphatic rings. The molecule has 0 saturated carbocycles. The lowest BCUT2D eigenvalue weighted by molar-refractivity contribution is 0.0848. The first-order valence-corrected chi connectivity index (χ1v) is 9.28. The summed E-state index contributed by atoms with van der Waals surface area (Å²) in [5.41, 5.74) is 6.11. The Kier molecular flexibility index (Phi) is 5.33. The molecule has 0 aliphatic heterocycles. The van der Waals surface area contributed by atoms with Crippen LogP contribution < -0.4 is 16.4 Å². The van der Waals surface area contributed by atoms with Gasteiger partial charge in [-0.2, -0.15) is 0 Å². The van der Waals surface area contributed by atoms with E-state index in [1.54, 1.807) is 13.0 Å². The number of aryl methyl sites for hydroxylation is 3. The molecule has 3 N–H and O–H groups in total. The second kappa shape index (κ2) is 7.65. The summed E-state index contributed by atoms with van der Waals surface area (Å²) >= 11 is 1.49. The fourth-order valence-electron chi connectivity index (χ4n) is 2.95. The highest BCUT2D eigenvalue weighted by Gasteiger charge is 2.17. The van der Waals surface area contributed by atoms with Crippen molar-refractivity contribution >= 4 is 23.2 Å². The highest BCUT2D eigenvalue weighted by molar-refractivity contribution is 7.14. The number of nitrogens with one attached hydrogen (secondary N) is 3. The normalized spacial score (nSPS) is 14.1. The lowest BCUT2D eigenvalue weighted by Gasteiger charge is -2.07. The zero-order chi connectivity index (χ0) is 17.8. The van der Waals surface area contributed by atoms with E-state index in [4.69, 9.17) is 0 Å². The van der Waals surface area contributed by atoms with Gasteiger partial charge in [0.2, 0.25) is 0 Å². The number of hydrogen-bond acceptors (Lipinski definition) is 4. The molecule has 25 heavy (non-hydrogen) atoms. The zero-order valence-electron chi connectivity index (χ0n) is 14.1. The minimum Gasteiger partial charge on any atom is -0.326 e. The van der Waals surface area contributed by atoms with Gasteiger partial charge in [-0.25, -0.2) is 0 Å². The molecule has 6 nitrogen and oxygen atoms in total. The predicted molar refractivity (Wildman–Crippen MR) is 96.9 cm³/mol. The highest BCUT2D eigenvalue weighted by Crippen LogP contribution is 2.28. The van der Waals surface area contributed by atoms with E-state index in [2.05, 4.69) is 15.8 Å². The number of thiophene rings is 1. The molecule has 0 aromatic carbocycles. The Bertz CT molecular complexity index is 828. The first-order chi connectivity index (χ1) is 12.0. The molecule has 132 valence electrons. The Morgan fingerprint density at radius 1 is 1.04 bits per heavy atom. The second-order valence-electron chi connectivity index (χ2n) is 6.27. The maximum absolute atomic E-state index is 12.3. The highest BCUT2D eigenvalue weighted by atomic mass is 32.1. The molecular weight excluding hydrogens is 338 g/mol. The quantitative estimate of drug-likeness (QED) is 0.720. The van der Waals surface area contributed by atoms with E-state index in [9.17, 15) is 14.4 Å². The van der Waals surface area contributed by atoms with Crippen molar-refractivity contribution < 1.29 is 9.59 Å². The van der Waals surface area contributed by atoms with Gasteiger partial charge in [-0.3, -0.25) is 25.2 Å². The molecule has 2 aromatic heterocycles. The van der Waals surface area contributed by atoms with E-state index >= 15 is 0 Å². The van der Waals surface area contributed by atoms with Crippen LogP contribution in [0.4, 0.5) is 0 Å². The summed E-state index contributed by atoms with van der Waals surface area (Å²) in [5, 5.41) is 0. The van der Waals surface area contributed by atoms with Crippen molar-refractivity contribution in [3.63, 3.8) is 0 Å². The largest absolute Gasteiger partial charge is 0.326 e.